The van der Waals surface area contributed by atoms with Crippen LogP contribution >= 0.6 is 0 Å². The predicted molar refractivity (Wildman–Crippen MR) is 54.5 cm³/mol. The highest BCUT2D eigenvalue weighted by Gasteiger charge is 2.23. The minimum atomic E-state index is -0.750. The van der Waals surface area contributed by atoms with Crippen LogP contribution < -0.4 is 0 Å². The van der Waals surface area contributed by atoms with E-state index in [0.717, 1.165) is 12.8 Å². The third kappa shape index (κ3) is 4.88. The summed E-state index contributed by atoms with van der Waals surface area (Å²) in [6, 6.07) is 0. The molecule has 2 atom stereocenters. The van der Waals surface area contributed by atoms with E-state index in [0.29, 0.717) is 6.61 Å². The third-order valence-electron chi connectivity index (χ3n) is 1.97. The Hall–Kier alpha value is -1.01. The van der Waals surface area contributed by atoms with Crippen LogP contribution in [0, 0.1) is 18.3 Å². The number of terminal acetylenes is 1. The smallest absolute Gasteiger partial charge is 0.312 e. The molecule has 0 amide bonds. The summed E-state index contributed by atoms with van der Waals surface area (Å²) >= 11 is 0. The molecule has 80 valence electrons. The van der Waals surface area contributed by atoms with Gasteiger partial charge in [-0.3, -0.25) is 4.79 Å². The first-order valence-electron chi connectivity index (χ1n) is 4.91. The van der Waals surface area contributed by atoms with Crippen molar-refractivity contribution >= 4 is 5.97 Å². The lowest BCUT2D eigenvalue weighted by atomic mass is 10.0. The van der Waals surface area contributed by atoms with Gasteiger partial charge in [-0.05, 0) is 13.3 Å². The molecule has 0 fully saturated rings. The van der Waals surface area contributed by atoms with Crippen LogP contribution in [0.2, 0.25) is 0 Å². The van der Waals surface area contributed by atoms with Gasteiger partial charge in [-0.25, -0.2) is 0 Å². The molecule has 0 saturated heterocycles. The van der Waals surface area contributed by atoms with Gasteiger partial charge in [0.2, 0.25) is 0 Å². The lowest BCUT2D eigenvalue weighted by molar-refractivity contribution is -0.152. The molecular formula is C11H18O3. The predicted octanol–water partition coefficient (Wildman–Crippen LogP) is 1.35. The van der Waals surface area contributed by atoms with Crippen molar-refractivity contribution in [2.24, 2.45) is 5.92 Å². The second-order valence-electron chi connectivity index (χ2n) is 3.28. The number of rotatable bonds is 6. The van der Waals surface area contributed by atoms with E-state index in [2.05, 4.69) is 5.92 Å². The summed E-state index contributed by atoms with van der Waals surface area (Å²) < 4.78 is 4.96. The van der Waals surface area contributed by atoms with Crippen molar-refractivity contribution in [1.29, 1.82) is 0 Å². The van der Waals surface area contributed by atoms with Crippen LogP contribution in [0.25, 0.3) is 0 Å². The number of ether oxygens (including phenoxy) is 1. The third-order valence-corrected chi connectivity index (χ3v) is 1.97. The van der Waals surface area contributed by atoms with Gasteiger partial charge < -0.3 is 9.84 Å². The minimum absolute atomic E-state index is 0.225. The Labute approximate surface area is 85.5 Å². The van der Waals surface area contributed by atoms with Gasteiger partial charge in [-0.15, -0.1) is 12.3 Å². The number of hydrogen-bond donors (Lipinski definition) is 1. The lowest BCUT2D eigenvalue weighted by Gasteiger charge is -2.15. The second kappa shape index (κ2) is 7.40. The van der Waals surface area contributed by atoms with Crippen molar-refractivity contribution in [1.82, 2.24) is 0 Å². The highest BCUT2D eigenvalue weighted by Crippen LogP contribution is 2.10. The van der Waals surface area contributed by atoms with Crippen molar-refractivity contribution in [3.8, 4) is 12.3 Å². The first kappa shape index (κ1) is 13.0. The summed E-state index contributed by atoms with van der Waals surface area (Å²) in [5.74, 6) is 1.38. The number of carbonyl (C=O) groups is 1. The summed E-state index contributed by atoms with van der Waals surface area (Å²) in [4.78, 5) is 11.4. The number of carbonyl (C=O) groups excluding carboxylic acids is 1. The molecule has 0 spiro atoms. The average Bonchev–Trinajstić information content (AvgIpc) is 2.13. The van der Waals surface area contributed by atoms with Crippen LogP contribution in [0.3, 0.4) is 0 Å². The molecule has 0 aliphatic rings. The largest absolute Gasteiger partial charge is 0.465 e. The molecule has 0 aromatic heterocycles. The summed E-state index contributed by atoms with van der Waals surface area (Å²) in [5.41, 5.74) is 0. The Bertz CT molecular complexity index is 203. The maximum atomic E-state index is 11.4. The molecule has 0 aromatic carbocycles. The number of esters is 1. The monoisotopic (exact) mass is 198 g/mol. The molecule has 3 nitrogen and oxygen atoms in total. The van der Waals surface area contributed by atoms with E-state index < -0.39 is 18.0 Å². The van der Waals surface area contributed by atoms with Crippen LogP contribution in [-0.2, 0) is 9.53 Å². The van der Waals surface area contributed by atoms with E-state index >= 15 is 0 Å². The molecule has 1 N–H and O–H groups in total. The van der Waals surface area contributed by atoms with Gasteiger partial charge in [-0.1, -0.05) is 13.3 Å². The maximum Gasteiger partial charge on any atom is 0.312 e. The highest BCUT2D eigenvalue weighted by atomic mass is 16.5. The van der Waals surface area contributed by atoms with E-state index in [-0.39, 0.29) is 6.42 Å². The number of hydrogen-bond acceptors (Lipinski definition) is 3. The zero-order valence-electron chi connectivity index (χ0n) is 8.82. The molecule has 0 rings (SSSR count). The van der Waals surface area contributed by atoms with E-state index in [4.69, 9.17) is 11.2 Å². The first-order chi connectivity index (χ1) is 6.63. The number of aliphatic hydroxyl groups is 1. The van der Waals surface area contributed by atoms with Crippen molar-refractivity contribution in [3.63, 3.8) is 0 Å². The number of unbranched alkanes of at least 4 members (excludes halogenated alkanes) is 1. The molecular weight excluding hydrogens is 180 g/mol. The molecule has 0 aliphatic carbocycles. The Morgan fingerprint density at radius 3 is 2.71 bits per heavy atom. The average molecular weight is 198 g/mol. The van der Waals surface area contributed by atoms with Gasteiger partial charge in [0, 0.05) is 6.42 Å². The van der Waals surface area contributed by atoms with Crippen molar-refractivity contribution < 1.29 is 14.6 Å². The molecule has 0 heterocycles. The van der Waals surface area contributed by atoms with Gasteiger partial charge in [0.25, 0.3) is 0 Å². The molecule has 14 heavy (non-hydrogen) atoms. The van der Waals surface area contributed by atoms with Gasteiger partial charge in [0.15, 0.2) is 0 Å². The molecule has 3 heteroatoms. The topological polar surface area (TPSA) is 46.5 Å². The van der Waals surface area contributed by atoms with Crippen LogP contribution in [-0.4, -0.2) is 23.8 Å². The molecule has 0 radical (unpaired) electrons. The zero-order chi connectivity index (χ0) is 11.0. The van der Waals surface area contributed by atoms with Gasteiger partial charge >= 0.3 is 5.97 Å². The van der Waals surface area contributed by atoms with Crippen LogP contribution in [0.1, 0.15) is 33.1 Å². The lowest BCUT2D eigenvalue weighted by Crippen LogP contribution is -2.27. The SMILES string of the molecule is C#CC[C@@H](C(=O)OCCCC)[C@H](C)O. The van der Waals surface area contributed by atoms with Crippen molar-refractivity contribution in [2.45, 2.75) is 39.2 Å². The van der Waals surface area contributed by atoms with E-state index in [1.54, 1.807) is 6.92 Å². The first-order valence-corrected chi connectivity index (χ1v) is 4.91. The fraction of sp³-hybridized carbons (Fsp3) is 0.727. The Morgan fingerprint density at radius 1 is 1.64 bits per heavy atom. The summed E-state index contributed by atoms with van der Waals surface area (Å²) in [5, 5.41) is 9.27. The Balaban J connectivity index is 3.97. The zero-order valence-corrected chi connectivity index (χ0v) is 8.82. The summed E-state index contributed by atoms with van der Waals surface area (Å²) in [6.07, 6.45) is 6.38. The molecule has 0 aromatic rings. The van der Waals surface area contributed by atoms with Crippen molar-refractivity contribution in [3.05, 3.63) is 0 Å². The summed E-state index contributed by atoms with van der Waals surface area (Å²) in [6.45, 7) is 3.97. The van der Waals surface area contributed by atoms with Crippen LogP contribution in [0.15, 0.2) is 0 Å². The van der Waals surface area contributed by atoms with E-state index in [1.165, 1.54) is 0 Å². The van der Waals surface area contributed by atoms with Gasteiger partial charge in [-0.2, -0.15) is 0 Å². The fourth-order valence-corrected chi connectivity index (χ4v) is 1.00. The Kier molecular flexibility index (Phi) is 6.87. The molecule has 0 saturated carbocycles. The molecule has 0 aliphatic heterocycles. The maximum absolute atomic E-state index is 11.4. The second-order valence-corrected chi connectivity index (χ2v) is 3.28. The normalized spacial score (nSPS) is 14.1. The fourth-order valence-electron chi connectivity index (χ4n) is 1.00. The van der Waals surface area contributed by atoms with Crippen molar-refractivity contribution in [2.75, 3.05) is 6.61 Å². The minimum Gasteiger partial charge on any atom is -0.465 e. The number of aliphatic hydroxyl groups excluding tert-OH is 1. The van der Waals surface area contributed by atoms with Gasteiger partial charge in [0.05, 0.1) is 18.6 Å². The standard InChI is InChI=1S/C11H18O3/c1-4-6-8-14-11(13)10(7-5-2)9(3)12/h2,9-10,12H,4,6-8H2,1,3H3/t9-,10+/m0/s1. The molecule has 0 bridgehead atoms. The van der Waals surface area contributed by atoms with Gasteiger partial charge in [0.1, 0.15) is 0 Å². The molecule has 0 unspecified atom stereocenters. The Morgan fingerprint density at radius 2 is 2.29 bits per heavy atom. The highest BCUT2D eigenvalue weighted by molar-refractivity contribution is 5.73. The quantitative estimate of drug-likeness (QED) is 0.398. The van der Waals surface area contributed by atoms with Crippen LogP contribution in [0.5, 0.6) is 0 Å². The van der Waals surface area contributed by atoms with Crippen LogP contribution in [0.4, 0.5) is 0 Å². The van der Waals surface area contributed by atoms with E-state index in [1.807, 2.05) is 6.92 Å². The van der Waals surface area contributed by atoms with E-state index in [9.17, 15) is 9.90 Å². The summed E-state index contributed by atoms with van der Waals surface area (Å²) in [7, 11) is 0.